The zero-order valence-corrected chi connectivity index (χ0v) is 22.5. The Morgan fingerprint density at radius 1 is 1.00 bits per heavy atom. The highest BCUT2D eigenvalue weighted by molar-refractivity contribution is 5.82. The van der Waals surface area contributed by atoms with Crippen molar-refractivity contribution in [2.75, 3.05) is 19.7 Å². The quantitative estimate of drug-likeness (QED) is 0.326. The van der Waals surface area contributed by atoms with Gasteiger partial charge in [-0.25, -0.2) is 4.98 Å². The molecule has 3 heterocycles. The number of aryl methyl sites for hydroxylation is 1. The molecule has 2 unspecified atom stereocenters. The van der Waals surface area contributed by atoms with Crippen LogP contribution in [0.25, 0.3) is 22.2 Å². The highest BCUT2D eigenvalue weighted by atomic mass is 16.5. The first kappa shape index (κ1) is 24.7. The van der Waals surface area contributed by atoms with E-state index in [-0.39, 0.29) is 0 Å². The third-order valence-electron chi connectivity index (χ3n) is 8.64. The van der Waals surface area contributed by atoms with Gasteiger partial charge in [0.15, 0.2) is 0 Å². The van der Waals surface area contributed by atoms with Crippen molar-refractivity contribution in [3.63, 3.8) is 0 Å². The predicted molar refractivity (Wildman–Crippen MR) is 152 cm³/mol. The summed E-state index contributed by atoms with van der Waals surface area (Å²) in [5.74, 6) is 3.53. The maximum absolute atomic E-state index is 13.3. The Kier molecular flexibility index (Phi) is 6.92. The Morgan fingerprint density at radius 3 is 2.58 bits per heavy atom. The number of H-pyrrole nitrogens is 1. The number of benzene rings is 3. The topological polar surface area (TPSA) is 58.2 Å². The fourth-order valence-electron chi connectivity index (χ4n) is 6.34. The number of nitrogens with one attached hydrogen (secondary N) is 1. The first-order chi connectivity index (χ1) is 18.5. The highest BCUT2D eigenvalue weighted by Crippen LogP contribution is 2.35. The lowest BCUT2D eigenvalue weighted by Crippen LogP contribution is -2.39. The SMILES string of the molecule is Cc1nc2ccc(-c3ccc4c(c3)CC(C)C(CC(=O)N3CCC(c5ccccc5)CC3)CCO4)cc2[nH]1. The molecule has 1 amide bonds. The molecule has 196 valence electrons. The standard InChI is InChI=1S/C33H37N3O2/c1-22-18-29-19-27(28-8-10-30-31(20-28)35-23(2)34-30)9-11-32(29)38-17-14-26(22)21-33(37)36-15-12-25(13-16-36)24-6-4-3-5-7-24/h3-11,19-20,22,25-26H,12-18,21H2,1-2H3,(H,34,35). The van der Waals surface area contributed by atoms with Crippen molar-refractivity contribution in [3.8, 4) is 16.9 Å². The van der Waals surface area contributed by atoms with E-state index in [1.807, 2.05) is 6.92 Å². The minimum atomic E-state index is 0.311. The molecule has 0 bridgehead atoms. The lowest BCUT2D eigenvalue weighted by atomic mass is 9.82. The number of carbonyl (C=O) groups is 1. The van der Waals surface area contributed by atoms with Crippen molar-refractivity contribution in [2.45, 2.75) is 51.9 Å². The Labute approximate surface area is 225 Å². The second-order valence-corrected chi connectivity index (χ2v) is 11.2. The molecular formula is C33H37N3O2. The molecule has 1 aromatic heterocycles. The van der Waals surface area contributed by atoms with Gasteiger partial charge in [0.05, 0.1) is 17.6 Å². The smallest absolute Gasteiger partial charge is 0.222 e. The third-order valence-corrected chi connectivity index (χ3v) is 8.64. The molecular weight excluding hydrogens is 470 g/mol. The highest BCUT2D eigenvalue weighted by Gasteiger charge is 2.29. The van der Waals surface area contributed by atoms with Gasteiger partial charge in [-0.1, -0.05) is 49.4 Å². The Morgan fingerprint density at radius 2 is 1.76 bits per heavy atom. The first-order valence-corrected chi connectivity index (χ1v) is 14.1. The number of likely N-dealkylation sites (tertiary alicyclic amines) is 1. The van der Waals surface area contributed by atoms with Gasteiger partial charge >= 0.3 is 0 Å². The van der Waals surface area contributed by atoms with Crippen LogP contribution < -0.4 is 4.74 Å². The van der Waals surface area contributed by atoms with Crippen LogP contribution in [0.1, 0.15) is 55.5 Å². The molecule has 6 rings (SSSR count). The van der Waals surface area contributed by atoms with Crippen LogP contribution >= 0.6 is 0 Å². The van der Waals surface area contributed by atoms with E-state index in [1.54, 1.807) is 0 Å². The number of aromatic amines is 1. The fraction of sp³-hybridized carbons (Fsp3) is 0.394. The lowest BCUT2D eigenvalue weighted by Gasteiger charge is -2.34. The normalized spacial score (nSPS) is 20.4. The summed E-state index contributed by atoms with van der Waals surface area (Å²) < 4.78 is 6.22. The van der Waals surface area contributed by atoms with Crippen molar-refractivity contribution >= 4 is 16.9 Å². The predicted octanol–water partition coefficient (Wildman–Crippen LogP) is 6.91. The number of piperidine rings is 1. The molecule has 2 atom stereocenters. The van der Waals surface area contributed by atoms with E-state index < -0.39 is 0 Å². The van der Waals surface area contributed by atoms with Gasteiger partial charge in [0, 0.05) is 19.5 Å². The average molecular weight is 508 g/mol. The minimum absolute atomic E-state index is 0.311. The number of aromatic nitrogens is 2. The Hall–Kier alpha value is -3.60. The second kappa shape index (κ2) is 10.6. The molecule has 0 aliphatic carbocycles. The Balaban J connectivity index is 1.11. The van der Waals surface area contributed by atoms with Crippen molar-refractivity contribution < 1.29 is 9.53 Å². The van der Waals surface area contributed by atoms with Crippen LogP contribution in [-0.2, 0) is 11.2 Å². The zero-order valence-electron chi connectivity index (χ0n) is 22.5. The molecule has 38 heavy (non-hydrogen) atoms. The summed E-state index contributed by atoms with van der Waals surface area (Å²) in [5, 5.41) is 0. The fourth-order valence-corrected chi connectivity index (χ4v) is 6.34. The molecule has 0 spiro atoms. The van der Waals surface area contributed by atoms with Crippen LogP contribution in [0.3, 0.4) is 0 Å². The van der Waals surface area contributed by atoms with Crippen LogP contribution in [-0.4, -0.2) is 40.5 Å². The maximum atomic E-state index is 13.3. The zero-order chi connectivity index (χ0) is 26.1. The number of hydrogen-bond donors (Lipinski definition) is 1. The molecule has 2 aliphatic heterocycles. The molecule has 1 fully saturated rings. The van der Waals surface area contributed by atoms with Gasteiger partial charge in [-0.15, -0.1) is 0 Å². The summed E-state index contributed by atoms with van der Waals surface area (Å²) in [5.41, 5.74) is 7.04. The summed E-state index contributed by atoms with van der Waals surface area (Å²) in [4.78, 5) is 23.3. The van der Waals surface area contributed by atoms with Gasteiger partial charge in [-0.3, -0.25) is 4.79 Å². The number of fused-ring (bicyclic) bond motifs is 2. The van der Waals surface area contributed by atoms with Crippen LogP contribution in [0.2, 0.25) is 0 Å². The van der Waals surface area contributed by atoms with Gasteiger partial charge in [0.25, 0.3) is 0 Å². The molecule has 0 radical (unpaired) electrons. The number of hydrogen-bond acceptors (Lipinski definition) is 3. The molecule has 3 aromatic carbocycles. The van der Waals surface area contributed by atoms with E-state index in [2.05, 4.69) is 88.5 Å². The molecule has 0 saturated carbocycles. The first-order valence-electron chi connectivity index (χ1n) is 14.1. The van der Waals surface area contributed by atoms with Crippen molar-refractivity contribution in [1.29, 1.82) is 0 Å². The monoisotopic (exact) mass is 507 g/mol. The molecule has 4 aromatic rings. The van der Waals surface area contributed by atoms with Crippen LogP contribution in [0.4, 0.5) is 0 Å². The van der Waals surface area contributed by atoms with E-state index in [9.17, 15) is 4.79 Å². The minimum Gasteiger partial charge on any atom is -0.493 e. The molecule has 2 aliphatic rings. The van der Waals surface area contributed by atoms with Crippen molar-refractivity contribution in [3.05, 3.63) is 83.7 Å². The van der Waals surface area contributed by atoms with E-state index >= 15 is 0 Å². The molecule has 5 heteroatoms. The van der Waals surface area contributed by atoms with Gasteiger partial charge < -0.3 is 14.6 Å². The number of amides is 1. The summed E-state index contributed by atoms with van der Waals surface area (Å²) in [6.45, 7) is 6.67. The van der Waals surface area contributed by atoms with Crippen LogP contribution in [0, 0.1) is 18.8 Å². The second-order valence-electron chi connectivity index (χ2n) is 11.2. The third kappa shape index (κ3) is 5.20. The number of nitrogens with zero attached hydrogens (tertiary/aromatic N) is 2. The van der Waals surface area contributed by atoms with Gasteiger partial charge in [-0.2, -0.15) is 0 Å². The van der Waals surface area contributed by atoms with Crippen LogP contribution in [0.15, 0.2) is 66.7 Å². The molecule has 1 N–H and O–H groups in total. The number of imidazole rings is 1. The number of carbonyl (C=O) groups excluding carboxylic acids is 1. The van der Waals surface area contributed by atoms with E-state index in [1.165, 1.54) is 22.3 Å². The lowest BCUT2D eigenvalue weighted by molar-refractivity contribution is -0.133. The summed E-state index contributed by atoms with van der Waals surface area (Å²) >= 11 is 0. The van der Waals surface area contributed by atoms with Gasteiger partial charge in [0.2, 0.25) is 5.91 Å². The number of ether oxygens (including phenoxy) is 1. The maximum Gasteiger partial charge on any atom is 0.222 e. The molecule has 5 nitrogen and oxygen atoms in total. The van der Waals surface area contributed by atoms with Crippen molar-refractivity contribution in [1.82, 2.24) is 14.9 Å². The summed E-state index contributed by atoms with van der Waals surface area (Å²) in [6, 6.07) is 23.7. The summed E-state index contributed by atoms with van der Waals surface area (Å²) in [7, 11) is 0. The van der Waals surface area contributed by atoms with E-state index in [4.69, 9.17) is 4.74 Å². The van der Waals surface area contributed by atoms with Crippen molar-refractivity contribution in [2.24, 2.45) is 11.8 Å². The summed E-state index contributed by atoms with van der Waals surface area (Å²) in [6.07, 6.45) is 4.57. The van der Waals surface area contributed by atoms with Gasteiger partial charge in [0.1, 0.15) is 11.6 Å². The Bertz CT molecular complexity index is 1420. The number of rotatable bonds is 4. The van der Waals surface area contributed by atoms with Crippen LogP contribution in [0.5, 0.6) is 5.75 Å². The average Bonchev–Trinajstić information content (AvgIpc) is 3.32. The van der Waals surface area contributed by atoms with E-state index in [0.717, 1.165) is 61.4 Å². The molecule has 1 saturated heterocycles. The largest absolute Gasteiger partial charge is 0.493 e. The van der Waals surface area contributed by atoms with E-state index in [0.29, 0.717) is 36.7 Å². The van der Waals surface area contributed by atoms with Gasteiger partial charge in [-0.05, 0) is 96.9 Å².